The molecule has 0 aliphatic carbocycles. The van der Waals surface area contributed by atoms with E-state index in [9.17, 15) is 5.11 Å². The molecule has 0 spiro atoms. The van der Waals surface area contributed by atoms with Gasteiger partial charge in [0.25, 0.3) is 0 Å². The first kappa shape index (κ1) is 14.0. The lowest BCUT2D eigenvalue weighted by Gasteiger charge is -2.28. The van der Waals surface area contributed by atoms with E-state index in [4.69, 9.17) is 22.1 Å². The number of aliphatic hydroxyl groups excluding tert-OH is 1. The Kier molecular flexibility index (Phi) is 5.24. The topological polar surface area (TPSA) is 47.9 Å². The minimum absolute atomic E-state index is 0.00954. The third-order valence-electron chi connectivity index (χ3n) is 3.11. The maximum atomic E-state index is 9.83. The van der Waals surface area contributed by atoms with Gasteiger partial charge in [0, 0.05) is 13.1 Å². The first-order chi connectivity index (χ1) is 7.51. The molecule has 0 aromatic heterocycles. The third-order valence-corrected chi connectivity index (χ3v) is 3.11. The molecular formula is C11H21BO4. The van der Waals surface area contributed by atoms with Gasteiger partial charge in [-0.1, -0.05) is 6.92 Å². The van der Waals surface area contributed by atoms with Crippen LogP contribution < -0.4 is 0 Å². The summed E-state index contributed by atoms with van der Waals surface area (Å²) < 4.78 is 16.3. The fourth-order valence-corrected chi connectivity index (χ4v) is 2.05. The lowest BCUT2D eigenvalue weighted by atomic mass is 9.92. The molecule has 16 heavy (non-hydrogen) atoms. The molecule has 1 saturated heterocycles. The van der Waals surface area contributed by atoms with Crippen LogP contribution in [0, 0.1) is 0 Å². The van der Waals surface area contributed by atoms with Crippen molar-refractivity contribution in [3.8, 4) is 0 Å². The summed E-state index contributed by atoms with van der Waals surface area (Å²) in [4.78, 5) is 0. The monoisotopic (exact) mass is 228 g/mol. The van der Waals surface area contributed by atoms with Gasteiger partial charge in [-0.05, 0) is 20.3 Å². The maximum absolute atomic E-state index is 9.83. The van der Waals surface area contributed by atoms with Crippen molar-refractivity contribution in [3.05, 3.63) is 0 Å². The predicted octanol–water partition coefficient (Wildman–Crippen LogP) is 0.459. The maximum Gasteiger partial charge on any atom is 0.112 e. The number of ether oxygens (including phenoxy) is 3. The van der Waals surface area contributed by atoms with E-state index in [1.165, 1.54) is 0 Å². The predicted molar refractivity (Wildman–Crippen MR) is 61.5 cm³/mol. The fraction of sp³-hybridized carbons (Fsp3) is 1.00. The molecule has 0 bridgehead atoms. The van der Waals surface area contributed by atoms with Gasteiger partial charge in [-0.25, -0.2) is 0 Å². The summed E-state index contributed by atoms with van der Waals surface area (Å²) in [6, 6.07) is -0.568. The summed E-state index contributed by atoms with van der Waals surface area (Å²) >= 11 is 0. The SMILES string of the molecule is [B][C@@H]1O[C@H](C)C(O)C1O[C@@H](C)[C@H](CC)OC. The molecule has 1 aliphatic heterocycles. The van der Waals surface area contributed by atoms with Crippen LogP contribution in [-0.4, -0.2) is 56.6 Å². The number of hydrogen-bond acceptors (Lipinski definition) is 4. The molecule has 0 aromatic carbocycles. The second-order valence-electron chi connectivity index (χ2n) is 4.28. The molecule has 6 atom stereocenters. The largest absolute Gasteiger partial charge is 0.388 e. The van der Waals surface area contributed by atoms with Crippen LogP contribution in [-0.2, 0) is 14.2 Å². The van der Waals surface area contributed by atoms with Gasteiger partial charge in [-0.2, -0.15) is 0 Å². The number of aliphatic hydroxyl groups is 1. The van der Waals surface area contributed by atoms with Crippen LogP contribution in [0.25, 0.3) is 0 Å². The highest BCUT2D eigenvalue weighted by Crippen LogP contribution is 2.24. The molecule has 92 valence electrons. The highest BCUT2D eigenvalue weighted by Gasteiger charge is 2.40. The summed E-state index contributed by atoms with van der Waals surface area (Å²) in [7, 11) is 7.39. The highest BCUT2D eigenvalue weighted by molar-refractivity contribution is 6.11. The Balaban J connectivity index is 2.53. The van der Waals surface area contributed by atoms with Crippen molar-refractivity contribution in [2.45, 2.75) is 63.7 Å². The first-order valence-electron chi connectivity index (χ1n) is 5.78. The molecule has 2 radical (unpaired) electrons. The molecule has 4 nitrogen and oxygen atoms in total. The zero-order valence-electron chi connectivity index (χ0n) is 10.4. The van der Waals surface area contributed by atoms with Gasteiger partial charge < -0.3 is 19.3 Å². The van der Waals surface area contributed by atoms with E-state index in [2.05, 4.69) is 0 Å². The van der Waals surface area contributed by atoms with E-state index in [0.717, 1.165) is 6.42 Å². The van der Waals surface area contributed by atoms with Gasteiger partial charge >= 0.3 is 0 Å². The Morgan fingerprint density at radius 1 is 1.50 bits per heavy atom. The van der Waals surface area contributed by atoms with Crippen molar-refractivity contribution in [1.82, 2.24) is 0 Å². The molecule has 2 unspecified atom stereocenters. The van der Waals surface area contributed by atoms with E-state index in [1.54, 1.807) is 14.0 Å². The molecule has 1 fully saturated rings. The van der Waals surface area contributed by atoms with Crippen molar-refractivity contribution in [2.75, 3.05) is 7.11 Å². The molecule has 0 saturated carbocycles. The van der Waals surface area contributed by atoms with Crippen LogP contribution in [0.5, 0.6) is 0 Å². The standard InChI is InChI=1S/C11H21BO4/c1-5-8(14-4)6(2)15-10-9(13)7(3)16-11(10)12/h6-11,13H,5H2,1-4H3/t6-,7+,8-,9?,10?,11+/m0/s1. The van der Waals surface area contributed by atoms with Gasteiger partial charge in [-0.3, -0.25) is 0 Å². The van der Waals surface area contributed by atoms with Crippen LogP contribution in [0.4, 0.5) is 0 Å². The first-order valence-corrected chi connectivity index (χ1v) is 5.78. The molecule has 0 aromatic rings. The minimum Gasteiger partial charge on any atom is -0.388 e. The minimum atomic E-state index is -0.674. The van der Waals surface area contributed by atoms with E-state index in [0.29, 0.717) is 0 Å². The Bertz CT molecular complexity index is 210. The fourth-order valence-electron chi connectivity index (χ4n) is 2.05. The van der Waals surface area contributed by atoms with E-state index >= 15 is 0 Å². The van der Waals surface area contributed by atoms with E-state index < -0.39 is 18.2 Å². The van der Waals surface area contributed by atoms with Crippen molar-refractivity contribution in [3.63, 3.8) is 0 Å². The summed E-state index contributed by atoms with van der Waals surface area (Å²) in [5.41, 5.74) is 0. The van der Waals surface area contributed by atoms with Crippen molar-refractivity contribution < 1.29 is 19.3 Å². The second-order valence-corrected chi connectivity index (χ2v) is 4.28. The van der Waals surface area contributed by atoms with Crippen LogP contribution in [0.3, 0.4) is 0 Å². The lowest BCUT2D eigenvalue weighted by Crippen LogP contribution is -2.41. The van der Waals surface area contributed by atoms with Crippen molar-refractivity contribution >= 4 is 7.85 Å². The van der Waals surface area contributed by atoms with E-state index in [1.807, 2.05) is 13.8 Å². The Morgan fingerprint density at radius 3 is 2.50 bits per heavy atom. The third kappa shape index (κ3) is 2.97. The van der Waals surface area contributed by atoms with Gasteiger partial charge in [0.2, 0.25) is 0 Å². The average molecular weight is 228 g/mol. The summed E-state index contributed by atoms with van der Waals surface area (Å²) in [6.45, 7) is 5.73. The molecule has 1 aliphatic rings. The van der Waals surface area contributed by atoms with Crippen molar-refractivity contribution in [2.24, 2.45) is 0 Å². The Labute approximate surface area is 98.7 Å². The Hall–Kier alpha value is -0.0951. The smallest absolute Gasteiger partial charge is 0.112 e. The molecule has 1 rings (SSSR count). The zero-order chi connectivity index (χ0) is 12.3. The van der Waals surface area contributed by atoms with Gasteiger partial charge in [0.1, 0.15) is 20.1 Å². The summed E-state index contributed by atoms with van der Waals surface area (Å²) in [5, 5.41) is 9.83. The average Bonchev–Trinajstić information content (AvgIpc) is 2.47. The van der Waals surface area contributed by atoms with Gasteiger partial charge in [-0.15, -0.1) is 0 Å². The van der Waals surface area contributed by atoms with E-state index in [-0.39, 0.29) is 18.3 Å². The van der Waals surface area contributed by atoms with Crippen molar-refractivity contribution in [1.29, 1.82) is 0 Å². The summed E-state index contributed by atoms with van der Waals surface area (Å²) in [6.07, 6.45) is -0.688. The summed E-state index contributed by atoms with van der Waals surface area (Å²) in [5.74, 6) is 0. The van der Waals surface area contributed by atoms with Gasteiger partial charge in [0.15, 0.2) is 0 Å². The quantitative estimate of drug-likeness (QED) is 0.694. The highest BCUT2D eigenvalue weighted by atomic mass is 16.6. The lowest BCUT2D eigenvalue weighted by molar-refractivity contribution is -0.110. The zero-order valence-corrected chi connectivity index (χ0v) is 10.4. The number of methoxy groups -OCH3 is 1. The molecule has 1 heterocycles. The van der Waals surface area contributed by atoms with Crippen LogP contribution >= 0.6 is 0 Å². The van der Waals surface area contributed by atoms with Crippen LogP contribution in [0.2, 0.25) is 0 Å². The number of rotatable bonds is 5. The van der Waals surface area contributed by atoms with Crippen LogP contribution in [0.15, 0.2) is 0 Å². The second kappa shape index (κ2) is 6.01. The molecular weight excluding hydrogens is 207 g/mol. The Morgan fingerprint density at radius 2 is 2.12 bits per heavy atom. The molecule has 0 amide bonds. The number of hydrogen-bond donors (Lipinski definition) is 1. The normalized spacial score (nSPS) is 38.6. The van der Waals surface area contributed by atoms with Gasteiger partial charge in [0.05, 0.1) is 18.3 Å². The van der Waals surface area contributed by atoms with Crippen LogP contribution in [0.1, 0.15) is 27.2 Å². The molecule has 1 N–H and O–H groups in total. The molecule has 5 heteroatoms.